The lowest BCUT2D eigenvalue weighted by molar-refractivity contribution is -0.385. The molecule has 0 aliphatic rings. The van der Waals surface area contributed by atoms with Crippen LogP contribution in [0.5, 0.6) is 11.5 Å². The summed E-state index contributed by atoms with van der Waals surface area (Å²) in [5, 5.41) is 25.1. The van der Waals surface area contributed by atoms with Crippen LogP contribution >= 0.6 is 0 Å². The molecular formula is C20H18N2O5. The number of anilines is 1. The molecule has 0 aliphatic carbocycles. The van der Waals surface area contributed by atoms with Gasteiger partial charge in [0, 0.05) is 28.9 Å². The largest absolute Gasteiger partial charge is 0.507 e. The third-order valence-corrected chi connectivity index (χ3v) is 4.04. The van der Waals surface area contributed by atoms with Gasteiger partial charge in [0.05, 0.1) is 11.5 Å². The first-order valence-electron chi connectivity index (χ1n) is 8.43. The molecule has 0 heterocycles. The summed E-state index contributed by atoms with van der Waals surface area (Å²) in [5.74, 6) is 0.144. The zero-order valence-electron chi connectivity index (χ0n) is 14.4. The van der Waals surface area contributed by atoms with Crippen molar-refractivity contribution in [2.24, 2.45) is 0 Å². The summed E-state index contributed by atoms with van der Waals surface area (Å²) in [6.45, 7) is 0.189. The normalized spacial score (nSPS) is 10.5. The van der Waals surface area contributed by atoms with Crippen molar-refractivity contribution in [2.45, 2.75) is 12.8 Å². The maximum atomic E-state index is 12.2. The second-order valence-corrected chi connectivity index (χ2v) is 5.90. The Labute approximate surface area is 155 Å². The first-order valence-corrected chi connectivity index (χ1v) is 8.43. The van der Waals surface area contributed by atoms with E-state index in [1.54, 1.807) is 42.5 Å². The second kappa shape index (κ2) is 8.18. The van der Waals surface area contributed by atoms with Gasteiger partial charge < -0.3 is 15.2 Å². The molecule has 0 aliphatic heterocycles. The first-order chi connectivity index (χ1) is 13.1. The van der Waals surface area contributed by atoms with Gasteiger partial charge in [0.2, 0.25) is 5.91 Å². The van der Waals surface area contributed by atoms with Crippen molar-refractivity contribution in [3.63, 3.8) is 0 Å². The molecule has 0 saturated carbocycles. The van der Waals surface area contributed by atoms with Crippen molar-refractivity contribution in [1.82, 2.24) is 0 Å². The maximum Gasteiger partial charge on any atom is 0.310 e. The fourth-order valence-electron chi connectivity index (χ4n) is 2.76. The zero-order chi connectivity index (χ0) is 19.2. The lowest BCUT2D eigenvalue weighted by Crippen LogP contribution is -2.13. The number of rotatable bonds is 7. The van der Waals surface area contributed by atoms with E-state index < -0.39 is 4.92 Å². The summed E-state index contributed by atoms with van der Waals surface area (Å²) >= 11 is 0. The highest BCUT2D eigenvalue weighted by atomic mass is 16.6. The van der Waals surface area contributed by atoms with Gasteiger partial charge in [-0.1, -0.05) is 36.4 Å². The summed E-state index contributed by atoms with van der Waals surface area (Å²) in [7, 11) is 0. The van der Waals surface area contributed by atoms with Crippen LogP contribution in [0.1, 0.15) is 12.8 Å². The molecule has 7 nitrogen and oxygen atoms in total. The van der Waals surface area contributed by atoms with Crippen LogP contribution in [0.15, 0.2) is 60.7 Å². The predicted octanol–water partition coefficient (Wildman–Crippen LogP) is 4.25. The van der Waals surface area contributed by atoms with E-state index in [0.29, 0.717) is 17.5 Å². The average molecular weight is 366 g/mol. The van der Waals surface area contributed by atoms with E-state index in [-0.39, 0.29) is 36.1 Å². The van der Waals surface area contributed by atoms with Crippen LogP contribution in [-0.4, -0.2) is 22.5 Å². The van der Waals surface area contributed by atoms with Crippen LogP contribution in [0.25, 0.3) is 10.8 Å². The highest BCUT2D eigenvalue weighted by molar-refractivity contribution is 6.03. The summed E-state index contributed by atoms with van der Waals surface area (Å²) in [5.41, 5.74) is 0.519. The maximum absolute atomic E-state index is 12.2. The Morgan fingerprint density at radius 3 is 2.59 bits per heavy atom. The Bertz CT molecular complexity index is 987. The van der Waals surface area contributed by atoms with Crippen molar-refractivity contribution < 1.29 is 19.6 Å². The molecule has 0 unspecified atom stereocenters. The minimum Gasteiger partial charge on any atom is -0.507 e. The number of phenolic OH excluding ortho intramolecular Hbond substituents is 1. The highest BCUT2D eigenvalue weighted by Gasteiger charge is 2.13. The van der Waals surface area contributed by atoms with Gasteiger partial charge in [0.25, 0.3) is 0 Å². The Morgan fingerprint density at radius 1 is 1.04 bits per heavy atom. The molecule has 0 aromatic heterocycles. The van der Waals surface area contributed by atoms with Crippen molar-refractivity contribution in [2.75, 3.05) is 11.9 Å². The third kappa shape index (κ3) is 4.33. The van der Waals surface area contributed by atoms with E-state index >= 15 is 0 Å². The molecule has 0 radical (unpaired) electrons. The van der Waals surface area contributed by atoms with Gasteiger partial charge in [-0.2, -0.15) is 0 Å². The number of fused-ring (bicyclic) bond motifs is 1. The van der Waals surface area contributed by atoms with E-state index in [2.05, 4.69) is 5.32 Å². The Morgan fingerprint density at radius 2 is 1.78 bits per heavy atom. The highest BCUT2D eigenvalue weighted by Crippen LogP contribution is 2.30. The van der Waals surface area contributed by atoms with Crippen LogP contribution in [0.4, 0.5) is 11.4 Å². The minimum atomic E-state index is -0.502. The molecule has 0 bridgehead atoms. The summed E-state index contributed by atoms with van der Waals surface area (Å²) in [6, 6.07) is 16.6. The number of ether oxygens (including phenoxy) is 1. The van der Waals surface area contributed by atoms with Gasteiger partial charge in [0.1, 0.15) is 5.75 Å². The van der Waals surface area contributed by atoms with E-state index in [1.807, 2.05) is 6.07 Å². The molecule has 1 amide bonds. The van der Waals surface area contributed by atoms with Gasteiger partial charge in [-0.3, -0.25) is 14.9 Å². The van der Waals surface area contributed by atoms with Gasteiger partial charge in [0.15, 0.2) is 5.75 Å². The van der Waals surface area contributed by atoms with Crippen LogP contribution in [0.2, 0.25) is 0 Å². The molecule has 27 heavy (non-hydrogen) atoms. The number of nitrogens with one attached hydrogen (secondary N) is 1. The monoisotopic (exact) mass is 366 g/mol. The van der Waals surface area contributed by atoms with Crippen LogP contribution in [0, 0.1) is 10.1 Å². The number of amides is 1. The fraction of sp³-hybridized carbons (Fsp3) is 0.150. The van der Waals surface area contributed by atoms with E-state index in [4.69, 9.17) is 4.74 Å². The lowest BCUT2D eigenvalue weighted by atomic mass is 10.1. The van der Waals surface area contributed by atoms with Gasteiger partial charge in [-0.25, -0.2) is 0 Å². The number of phenols is 1. The Balaban J connectivity index is 1.56. The van der Waals surface area contributed by atoms with E-state index in [1.165, 1.54) is 12.1 Å². The molecule has 3 rings (SSSR count). The number of para-hydroxylation sites is 2. The molecule has 0 saturated heterocycles. The van der Waals surface area contributed by atoms with Crippen LogP contribution in [0.3, 0.4) is 0 Å². The van der Waals surface area contributed by atoms with Crippen LogP contribution in [-0.2, 0) is 4.79 Å². The van der Waals surface area contributed by atoms with Crippen molar-refractivity contribution in [3.8, 4) is 11.5 Å². The molecule has 3 aromatic rings. The first kappa shape index (κ1) is 18.2. The number of hydrogen-bond acceptors (Lipinski definition) is 5. The topological polar surface area (TPSA) is 102 Å². The molecule has 3 aromatic carbocycles. The molecule has 7 heteroatoms. The lowest BCUT2D eigenvalue weighted by Gasteiger charge is -2.10. The molecule has 138 valence electrons. The van der Waals surface area contributed by atoms with Crippen LogP contribution < -0.4 is 10.1 Å². The number of nitro benzene ring substituents is 1. The van der Waals surface area contributed by atoms with Gasteiger partial charge in [-0.15, -0.1) is 0 Å². The Hall–Kier alpha value is -3.61. The van der Waals surface area contributed by atoms with E-state index in [9.17, 15) is 20.0 Å². The standard InChI is InChI=1S/C20H18N2O5/c23-18-10-4-6-14-15(18)7-3-8-16(14)21-20(24)12-5-13-27-19-11-2-1-9-17(19)22(25)26/h1-4,6-11,23H,5,12-13H2,(H,21,24). The van der Waals surface area contributed by atoms with Crippen molar-refractivity contribution in [3.05, 3.63) is 70.8 Å². The van der Waals surface area contributed by atoms with E-state index in [0.717, 1.165) is 5.39 Å². The third-order valence-electron chi connectivity index (χ3n) is 4.04. The smallest absolute Gasteiger partial charge is 0.310 e. The zero-order valence-corrected chi connectivity index (χ0v) is 14.4. The fourth-order valence-corrected chi connectivity index (χ4v) is 2.76. The molecule has 0 spiro atoms. The summed E-state index contributed by atoms with van der Waals surface area (Å²) in [6.07, 6.45) is 0.615. The number of nitro groups is 1. The quantitative estimate of drug-likeness (QED) is 0.370. The SMILES string of the molecule is O=C(CCCOc1ccccc1[N+](=O)[O-])Nc1cccc2c(O)cccc12. The number of benzene rings is 3. The second-order valence-electron chi connectivity index (χ2n) is 5.90. The predicted molar refractivity (Wildman–Crippen MR) is 102 cm³/mol. The number of hydrogen-bond donors (Lipinski definition) is 2. The molecular weight excluding hydrogens is 348 g/mol. The number of aromatic hydroxyl groups is 1. The Kier molecular flexibility index (Phi) is 5.51. The minimum absolute atomic E-state index is 0.0995. The van der Waals surface area contributed by atoms with Crippen molar-refractivity contribution >= 4 is 28.1 Å². The number of carbonyl (C=O) groups excluding carboxylic acids is 1. The molecule has 0 fully saturated rings. The molecule has 2 N–H and O–H groups in total. The molecule has 0 atom stereocenters. The van der Waals surface area contributed by atoms with Gasteiger partial charge in [-0.05, 0) is 24.6 Å². The van der Waals surface area contributed by atoms with Gasteiger partial charge >= 0.3 is 5.69 Å². The number of carbonyl (C=O) groups is 1. The van der Waals surface area contributed by atoms with Crippen molar-refractivity contribution in [1.29, 1.82) is 0 Å². The number of nitrogens with zero attached hydrogens (tertiary/aromatic N) is 1. The summed E-state index contributed by atoms with van der Waals surface area (Å²) < 4.78 is 5.43. The average Bonchev–Trinajstić information content (AvgIpc) is 2.66. The summed E-state index contributed by atoms with van der Waals surface area (Å²) in [4.78, 5) is 22.6.